The van der Waals surface area contributed by atoms with Crippen LogP contribution in [0.4, 0.5) is 5.69 Å². The monoisotopic (exact) mass is 489 g/mol. The standard InChI is InChI=1S/C18H18Br2ClNO3/c1-10(2)22-15-5-3-4-12(17(15)21)9-25-18-13(19)6-11(7-14(18)20)8-16(23)24/h3-7,10,22H,8-9H2,1-2H3,(H,23,24). The summed E-state index contributed by atoms with van der Waals surface area (Å²) in [5.74, 6) is -0.277. The average Bonchev–Trinajstić information content (AvgIpc) is 2.48. The number of ether oxygens (including phenoxy) is 1. The van der Waals surface area contributed by atoms with Crippen LogP contribution in [0.15, 0.2) is 39.3 Å². The van der Waals surface area contributed by atoms with E-state index in [2.05, 4.69) is 37.2 Å². The number of carbonyl (C=O) groups is 1. The van der Waals surface area contributed by atoms with E-state index in [0.717, 1.165) is 11.3 Å². The molecule has 0 aliphatic rings. The first kappa shape index (κ1) is 20.1. The third-order valence-corrected chi connectivity index (χ3v) is 4.93. The second kappa shape index (κ2) is 8.92. The summed E-state index contributed by atoms with van der Waals surface area (Å²) in [6.07, 6.45) is -0.0494. The van der Waals surface area contributed by atoms with Gasteiger partial charge >= 0.3 is 5.97 Å². The first-order valence-corrected chi connectivity index (χ1v) is 9.60. The number of rotatable bonds is 7. The van der Waals surface area contributed by atoms with Crippen molar-refractivity contribution in [1.29, 1.82) is 0 Å². The van der Waals surface area contributed by atoms with E-state index in [1.54, 1.807) is 12.1 Å². The molecule has 0 aliphatic heterocycles. The molecular weight excluding hydrogens is 473 g/mol. The Kier molecular flexibility index (Phi) is 7.16. The van der Waals surface area contributed by atoms with E-state index >= 15 is 0 Å². The predicted molar refractivity (Wildman–Crippen MR) is 108 cm³/mol. The third-order valence-electron chi connectivity index (χ3n) is 3.31. The summed E-state index contributed by atoms with van der Waals surface area (Å²) in [4.78, 5) is 10.9. The number of halogens is 3. The number of carboxylic acids is 1. The fourth-order valence-corrected chi connectivity index (χ4v) is 4.04. The molecule has 0 radical (unpaired) electrons. The van der Waals surface area contributed by atoms with Gasteiger partial charge in [-0.2, -0.15) is 0 Å². The molecule has 0 saturated carbocycles. The molecule has 0 amide bonds. The molecule has 0 spiro atoms. The van der Waals surface area contributed by atoms with Crippen LogP contribution in [-0.4, -0.2) is 17.1 Å². The molecule has 4 nitrogen and oxygen atoms in total. The lowest BCUT2D eigenvalue weighted by Gasteiger charge is -2.16. The molecule has 0 atom stereocenters. The Morgan fingerprint density at radius 2 is 1.92 bits per heavy atom. The highest BCUT2D eigenvalue weighted by atomic mass is 79.9. The van der Waals surface area contributed by atoms with Gasteiger partial charge in [-0.15, -0.1) is 0 Å². The van der Waals surface area contributed by atoms with Gasteiger partial charge in [-0.25, -0.2) is 0 Å². The predicted octanol–water partition coefficient (Wildman–Crippen LogP) is 5.89. The van der Waals surface area contributed by atoms with Crippen LogP contribution >= 0.6 is 43.5 Å². The molecule has 134 valence electrons. The molecule has 0 aromatic heterocycles. The Morgan fingerprint density at radius 3 is 2.48 bits per heavy atom. The number of anilines is 1. The van der Waals surface area contributed by atoms with Gasteiger partial charge in [0.2, 0.25) is 0 Å². The van der Waals surface area contributed by atoms with E-state index in [-0.39, 0.29) is 12.5 Å². The quantitative estimate of drug-likeness (QED) is 0.507. The van der Waals surface area contributed by atoms with E-state index in [9.17, 15) is 4.79 Å². The zero-order valence-corrected chi connectivity index (χ0v) is 17.7. The summed E-state index contributed by atoms with van der Waals surface area (Å²) >= 11 is 13.3. The Bertz CT molecular complexity index is 758. The molecule has 25 heavy (non-hydrogen) atoms. The lowest BCUT2D eigenvalue weighted by Crippen LogP contribution is -2.10. The number of aliphatic carboxylic acids is 1. The molecule has 0 fully saturated rings. The van der Waals surface area contributed by atoms with Crippen molar-refractivity contribution in [2.24, 2.45) is 0 Å². The van der Waals surface area contributed by atoms with Crippen molar-refractivity contribution in [3.05, 3.63) is 55.4 Å². The van der Waals surface area contributed by atoms with Gasteiger partial charge in [0.25, 0.3) is 0 Å². The van der Waals surface area contributed by atoms with E-state index < -0.39 is 5.97 Å². The number of hydrogen-bond acceptors (Lipinski definition) is 3. The second-order valence-corrected chi connectivity index (χ2v) is 7.91. The highest BCUT2D eigenvalue weighted by Gasteiger charge is 2.13. The van der Waals surface area contributed by atoms with Gasteiger partial charge in [0.05, 0.1) is 26.1 Å². The minimum absolute atomic E-state index is 0.0494. The van der Waals surface area contributed by atoms with Crippen molar-refractivity contribution < 1.29 is 14.6 Å². The zero-order valence-electron chi connectivity index (χ0n) is 13.8. The molecule has 0 aliphatic carbocycles. The van der Waals surface area contributed by atoms with Gasteiger partial charge in [0.15, 0.2) is 0 Å². The summed E-state index contributed by atoms with van der Waals surface area (Å²) in [6, 6.07) is 9.53. The summed E-state index contributed by atoms with van der Waals surface area (Å²) in [5, 5.41) is 12.8. The first-order valence-electron chi connectivity index (χ1n) is 7.64. The molecule has 0 bridgehead atoms. The average molecular weight is 492 g/mol. The van der Waals surface area contributed by atoms with E-state index in [0.29, 0.717) is 31.9 Å². The highest BCUT2D eigenvalue weighted by Crippen LogP contribution is 2.36. The molecule has 2 aromatic rings. The van der Waals surface area contributed by atoms with E-state index in [4.69, 9.17) is 21.4 Å². The molecule has 0 saturated heterocycles. The van der Waals surface area contributed by atoms with Crippen LogP contribution in [0.3, 0.4) is 0 Å². The Hall–Kier alpha value is -1.24. The largest absolute Gasteiger partial charge is 0.486 e. The molecule has 7 heteroatoms. The summed E-state index contributed by atoms with van der Waals surface area (Å²) in [7, 11) is 0. The Morgan fingerprint density at radius 1 is 1.28 bits per heavy atom. The summed E-state index contributed by atoms with van der Waals surface area (Å²) in [6.45, 7) is 4.39. The smallest absolute Gasteiger partial charge is 0.307 e. The van der Waals surface area contributed by atoms with Crippen LogP contribution in [0, 0.1) is 0 Å². The van der Waals surface area contributed by atoms with Crippen LogP contribution in [-0.2, 0) is 17.8 Å². The number of benzene rings is 2. The van der Waals surface area contributed by atoms with Crippen molar-refractivity contribution in [1.82, 2.24) is 0 Å². The molecule has 2 aromatic carbocycles. The SMILES string of the molecule is CC(C)Nc1cccc(COc2c(Br)cc(CC(=O)O)cc2Br)c1Cl. The maximum atomic E-state index is 10.9. The van der Waals surface area contributed by atoms with Crippen molar-refractivity contribution in [2.45, 2.75) is 32.9 Å². The normalized spacial score (nSPS) is 10.8. The third kappa shape index (κ3) is 5.62. The Labute approximate surface area is 168 Å². The van der Waals surface area contributed by atoms with Crippen molar-refractivity contribution in [2.75, 3.05) is 5.32 Å². The minimum atomic E-state index is -0.881. The molecule has 2 N–H and O–H groups in total. The lowest BCUT2D eigenvalue weighted by atomic mass is 10.1. The van der Waals surface area contributed by atoms with Gasteiger partial charge in [-0.1, -0.05) is 23.7 Å². The summed E-state index contributed by atoms with van der Waals surface area (Å²) < 4.78 is 7.27. The van der Waals surface area contributed by atoms with Gasteiger partial charge in [0.1, 0.15) is 12.4 Å². The zero-order chi connectivity index (χ0) is 18.6. The maximum Gasteiger partial charge on any atom is 0.307 e. The number of hydrogen-bond donors (Lipinski definition) is 2. The fraction of sp³-hybridized carbons (Fsp3) is 0.278. The van der Waals surface area contributed by atoms with E-state index in [1.165, 1.54) is 0 Å². The van der Waals surface area contributed by atoms with Crippen molar-refractivity contribution in [3.63, 3.8) is 0 Å². The van der Waals surface area contributed by atoms with Crippen molar-refractivity contribution >= 4 is 55.1 Å². The molecular formula is C18H18Br2ClNO3. The van der Waals surface area contributed by atoms with Crippen molar-refractivity contribution in [3.8, 4) is 5.75 Å². The fourth-order valence-electron chi connectivity index (χ4n) is 2.29. The highest BCUT2D eigenvalue weighted by molar-refractivity contribution is 9.11. The molecule has 0 unspecified atom stereocenters. The van der Waals surface area contributed by atoms with Gasteiger partial charge in [-0.3, -0.25) is 4.79 Å². The Balaban J connectivity index is 2.18. The minimum Gasteiger partial charge on any atom is -0.486 e. The van der Waals surface area contributed by atoms with Crippen LogP contribution in [0.25, 0.3) is 0 Å². The van der Waals surface area contributed by atoms with Gasteiger partial charge in [0, 0.05) is 11.6 Å². The number of nitrogens with one attached hydrogen (secondary N) is 1. The van der Waals surface area contributed by atoms with Gasteiger partial charge in [-0.05, 0) is 69.5 Å². The van der Waals surface area contributed by atoms with Crippen LogP contribution in [0.2, 0.25) is 5.02 Å². The maximum absolute atomic E-state index is 10.9. The molecule has 0 heterocycles. The van der Waals surface area contributed by atoms with Crippen LogP contribution < -0.4 is 10.1 Å². The number of carboxylic acid groups (broad SMARTS) is 1. The molecule has 2 rings (SSSR count). The van der Waals surface area contributed by atoms with Crippen LogP contribution in [0.5, 0.6) is 5.75 Å². The van der Waals surface area contributed by atoms with E-state index in [1.807, 2.05) is 32.0 Å². The first-order chi connectivity index (χ1) is 11.8. The van der Waals surface area contributed by atoms with Crippen LogP contribution in [0.1, 0.15) is 25.0 Å². The van der Waals surface area contributed by atoms with Gasteiger partial charge < -0.3 is 15.2 Å². The lowest BCUT2D eigenvalue weighted by molar-refractivity contribution is -0.136. The summed E-state index contributed by atoms with van der Waals surface area (Å²) in [5.41, 5.74) is 2.41. The second-order valence-electron chi connectivity index (χ2n) is 5.83. The topological polar surface area (TPSA) is 58.6 Å².